The Balaban J connectivity index is 1.39. The van der Waals surface area contributed by atoms with Crippen molar-refractivity contribution in [3.63, 3.8) is 0 Å². The molecule has 2 N–H and O–H groups in total. The van der Waals surface area contributed by atoms with E-state index in [4.69, 9.17) is 0 Å². The van der Waals surface area contributed by atoms with Gasteiger partial charge in [0.2, 0.25) is 0 Å². The molecule has 1 saturated heterocycles. The highest BCUT2D eigenvalue weighted by Gasteiger charge is 2.20. The number of anilines is 1. The van der Waals surface area contributed by atoms with Crippen molar-refractivity contribution in [1.29, 1.82) is 0 Å². The van der Waals surface area contributed by atoms with Crippen LogP contribution in [0.15, 0.2) is 28.7 Å². The number of aromatic nitrogens is 1. The second kappa shape index (κ2) is 8.48. The molecule has 5 nitrogen and oxygen atoms in total. The summed E-state index contributed by atoms with van der Waals surface area (Å²) in [6.07, 6.45) is 5.17. The number of thiazole rings is 1. The molecule has 2 aromatic heterocycles. The molecule has 0 spiro atoms. The molecular weight excluding hydrogens is 338 g/mol. The summed E-state index contributed by atoms with van der Waals surface area (Å²) in [6.45, 7) is 5.17. The molecule has 0 amide bonds. The number of guanidine groups is 1. The topological polar surface area (TPSA) is 52.6 Å². The number of rotatable bonds is 5. The number of aryl methyl sites for hydroxylation is 1. The van der Waals surface area contributed by atoms with Crippen molar-refractivity contribution < 1.29 is 0 Å². The van der Waals surface area contributed by atoms with Crippen LogP contribution in [-0.4, -0.2) is 43.7 Å². The first-order valence-electron chi connectivity index (χ1n) is 8.41. The third kappa shape index (κ3) is 4.70. The van der Waals surface area contributed by atoms with Crippen LogP contribution in [0.1, 0.15) is 22.7 Å². The summed E-state index contributed by atoms with van der Waals surface area (Å²) >= 11 is 3.59. The fourth-order valence-electron chi connectivity index (χ4n) is 2.89. The van der Waals surface area contributed by atoms with Crippen LogP contribution in [0.25, 0.3) is 0 Å². The van der Waals surface area contributed by atoms with E-state index >= 15 is 0 Å². The summed E-state index contributed by atoms with van der Waals surface area (Å²) < 4.78 is 0. The Bertz CT molecular complexity index is 642. The summed E-state index contributed by atoms with van der Waals surface area (Å²) in [5.74, 6) is 0.901. The van der Waals surface area contributed by atoms with E-state index in [-0.39, 0.29) is 0 Å². The SMILES string of the molecule is CN=C(NCCc1ncc(C)s1)NC1CCN(c2cccs2)CC1. The standard InChI is InChI=1S/C17H25N5S2/c1-13-12-20-15(24-13)5-8-19-17(18-2)21-14-6-9-22(10-7-14)16-4-3-11-23-16/h3-4,11-12,14H,5-10H2,1-2H3,(H2,18,19,21). The highest BCUT2D eigenvalue weighted by Crippen LogP contribution is 2.24. The number of nitrogens with zero attached hydrogens (tertiary/aromatic N) is 3. The molecule has 0 unspecified atom stereocenters. The summed E-state index contributed by atoms with van der Waals surface area (Å²) in [5.41, 5.74) is 0. The largest absolute Gasteiger partial charge is 0.363 e. The Morgan fingerprint density at radius 3 is 2.88 bits per heavy atom. The van der Waals surface area contributed by atoms with Crippen molar-refractivity contribution in [3.8, 4) is 0 Å². The molecule has 130 valence electrons. The van der Waals surface area contributed by atoms with Crippen molar-refractivity contribution in [2.45, 2.75) is 32.2 Å². The summed E-state index contributed by atoms with van der Waals surface area (Å²) in [6, 6.07) is 4.83. The number of hydrogen-bond acceptors (Lipinski definition) is 5. The zero-order valence-corrected chi connectivity index (χ0v) is 15.9. The maximum atomic E-state index is 4.40. The Labute approximate surface area is 151 Å². The minimum atomic E-state index is 0.495. The molecule has 3 heterocycles. The molecule has 24 heavy (non-hydrogen) atoms. The van der Waals surface area contributed by atoms with E-state index in [1.54, 1.807) is 11.3 Å². The molecular formula is C17H25N5S2. The summed E-state index contributed by atoms with van der Waals surface area (Å²) in [5, 5.41) is 11.7. The Kier molecular flexibility index (Phi) is 6.09. The van der Waals surface area contributed by atoms with Crippen LogP contribution in [0.5, 0.6) is 0 Å². The molecule has 0 aliphatic carbocycles. The molecule has 2 aromatic rings. The van der Waals surface area contributed by atoms with Gasteiger partial charge in [0.1, 0.15) is 0 Å². The van der Waals surface area contributed by atoms with Gasteiger partial charge in [-0.25, -0.2) is 4.98 Å². The molecule has 0 bridgehead atoms. The average molecular weight is 364 g/mol. The molecule has 0 saturated carbocycles. The first-order valence-corrected chi connectivity index (χ1v) is 10.1. The minimum Gasteiger partial charge on any atom is -0.363 e. The van der Waals surface area contributed by atoms with Crippen LogP contribution in [0.3, 0.4) is 0 Å². The Morgan fingerprint density at radius 2 is 2.25 bits per heavy atom. The average Bonchev–Trinajstić information content (AvgIpc) is 3.26. The third-order valence-electron chi connectivity index (χ3n) is 4.18. The number of aliphatic imine (C=N–C) groups is 1. The first-order chi connectivity index (χ1) is 11.7. The highest BCUT2D eigenvalue weighted by molar-refractivity contribution is 7.14. The van der Waals surface area contributed by atoms with Crippen molar-refractivity contribution in [1.82, 2.24) is 15.6 Å². The predicted molar refractivity (Wildman–Crippen MR) is 105 cm³/mol. The number of thiophene rings is 1. The maximum Gasteiger partial charge on any atom is 0.191 e. The highest BCUT2D eigenvalue weighted by atomic mass is 32.1. The van der Waals surface area contributed by atoms with Gasteiger partial charge in [0.15, 0.2) is 5.96 Å². The lowest BCUT2D eigenvalue weighted by molar-refractivity contribution is 0.463. The van der Waals surface area contributed by atoms with Gasteiger partial charge in [-0.3, -0.25) is 4.99 Å². The van der Waals surface area contributed by atoms with Gasteiger partial charge in [-0.2, -0.15) is 0 Å². The smallest absolute Gasteiger partial charge is 0.191 e. The van der Waals surface area contributed by atoms with Crippen molar-refractivity contribution >= 4 is 33.6 Å². The zero-order chi connectivity index (χ0) is 16.8. The third-order valence-corrected chi connectivity index (χ3v) is 6.08. The number of hydrogen-bond donors (Lipinski definition) is 2. The van der Waals surface area contributed by atoms with E-state index in [1.807, 2.05) is 24.6 Å². The lowest BCUT2D eigenvalue weighted by Crippen LogP contribution is -2.49. The van der Waals surface area contributed by atoms with Gasteiger partial charge >= 0.3 is 0 Å². The first kappa shape index (κ1) is 17.2. The lowest BCUT2D eigenvalue weighted by Gasteiger charge is -2.33. The van der Waals surface area contributed by atoms with E-state index in [2.05, 4.69) is 49.9 Å². The lowest BCUT2D eigenvalue weighted by atomic mass is 10.1. The summed E-state index contributed by atoms with van der Waals surface area (Å²) in [4.78, 5) is 12.5. The fourth-order valence-corrected chi connectivity index (χ4v) is 4.46. The van der Waals surface area contributed by atoms with E-state index in [0.29, 0.717) is 6.04 Å². The molecule has 7 heteroatoms. The Morgan fingerprint density at radius 1 is 1.42 bits per heavy atom. The van der Waals surface area contributed by atoms with Crippen molar-refractivity contribution in [2.24, 2.45) is 4.99 Å². The fraction of sp³-hybridized carbons (Fsp3) is 0.529. The molecule has 0 radical (unpaired) electrons. The van der Waals surface area contributed by atoms with Gasteiger partial charge in [-0.1, -0.05) is 0 Å². The van der Waals surface area contributed by atoms with Crippen LogP contribution >= 0.6 is 22.7 Å². The van der Waals surface area contributed by atoms with Crippen LogP contribution in [0.2, 0.25) is 0 Å². The second-order valence-corrected chi connectivity index (χ2v) is 8.22. The van der Waals surface area contributed by atoms with E-state index in [1.165, 1.54) is 14.9 Å². The minimum absolute atomic E-state index is 0.495. The van der Waals surface area contributed by atoms with Crippen LogP contribution in [-0.2, 0) is 6.42 Å². The summed E-state index contributed by atoms with van der Waals surface area (Å²) in [7, 11) is 1.84. The Hall–Kier alpha value is -1.60. The van der Waals surface area contributed by atoms with Crippen LogP contribution in [0, 0.1) is 6.92 Å². The van der Waals surface area contributed by atoms with E-state index in [9.17, 15) is 0 Å². The molecule has 1 aliphatic rings. The van der Waals surface area contributed by atoms with Gasteiger partial charge < -0.3 is 15.5 Å². The molecule has 1 aliphatic heterocycles. The van der Waals surface area contributed by atoms with Gasteiger partial charge in [-0.15, -0.1) is 22.7 Å². The van der Waals surface area contributed by atoms with Gasteiger partial charge in [0, 0.05) is 50.2 Å². The predicted octanol–water partition coefficient (Wildman–Crippen LogP) is 2.89. The monoisotopic (exact) mass is 363 g/mol. The van der Waals surface area contributed by atoms with Crippen molar-refractivity contribution in [3.05, 3.63) is 33.6 Å². The number of piperidine rings is 1. The zero-order valence-electron chi connectivity index (χ0n) is 14.3. The van der Waals surface area contributed by atoms with Gasteiger partial charge in [-0.05, 0) is 37.3 Å². The normalized spacial score (nSPS) is 16.4. The quantitative estimate of drug-likeness (QED) is 0.633. The van der Waals surface area contributed by atoms with Crippen molar-refractivity contribution in [2.75, 3.05) is 31.6 Å². The van der Waals surface area contributed by atoms with Gasteiger partial charge in [0.05, 0.1) is 10.0 Å². The number of nitrogens with one attached hydrogen (secondary N) is 2. The molecule has 1 fully saturated rings. The molecule has 3 rings (SSSR count). The van der Waals surface area contributed by atoms with Crippen LogP contribution < -0.4 is 15.5 Å². The molecule has 0 aromatic carbocycles. The molecule has 0 atom stereocenters. The van der Waals surface area contributed by atoms with E-state index in [0.717, 1.165) is 44.9 Å². The maximum absolute atomic E-state index is 4.40. The van der Waals surface area contributed by atoms with Gasteiger partial charge in [0.25, 0.3) is 0 Å². The second-order valence-electron chi connectivity index (χ2n) is 5.97. The van der Waals surface area contributed by atoms with Crippen LogP contribution in [0.4, 0.5) is 5.00 Å². The van der Waals surface area contributed by atoms with E-state index < -0.39 is 0 Å².